The van der Waals surface area contributed by atoms with Crippen LogP contribution in [0.2, 0.25) is 0 Å². The number of cyclic esters (lactones) is 1. The predicted octanol–water partition coefficient (Wildman–Crippen LogP) is 2.28. The number of methoxy groups -OCH3 is 1. The standard InChI is InChI=1S/C50H83N7O15/c1-14-38-50(10,64)42(59)31(6)55(12)25-27(2)23-48(8,63)44(29(4)41(30(5)46(62)70-38)71-39-24-49(9,67-13)43(60)32(7)69-39)72-47-40(58)36(21-28(3)68-47)54(11)20-19-34-26-56(53-52-34)37(45(51)61)22-33-15-17-35(18-16-33)57(65)66/h15-18,26-32,36-44,47,58-60,63-64H,14,19-25H2,1-13H3,(H2,51,61)/t27-,28-,29+,30-,31-,32+,36+,37+,38-,39+,40-,41+,42-,43+,44-,47+,48-,49-,50-/m1/s1. The smallest absolute Gasteiger partial charge is 0.311 e. The Balaban J connectivity index is 1.44. The zero-order valence-electron chi connectivity index (χ0n) is 44.4. The lowest BCUT2D eigenvalue weighted by Gasteiger charge is -2.49. The fraction of sp³-hybridized carbons (Fsp3) is 0.800. The van der Waals surface area contributed by atoms with Gasteiger partial charge in [0, 0.05) is 75.8 Å². The average Bonchev–Trinajstić information content (AvgIpc) is 3.79. The van der Waals surface area contributed by atoms with Crippen LogP contribution in [0.15, 0.2) is 30.5 Å². The summed E-state index contributed by atoms with van der Waals surface area (Å²) in [7, 11) is 5.15. The molecule has 7 N–H and O–H groups in total. The topological polar surface area (TPSA) is 297 Å². The number of non-ortho nitro benzene ring substituents is 1. The van der Waals surface area contributed by atoms with Crippen LogP contribution in [0, 0.1) is 27.9 Å². The Morgan fingerprint density at radius 3 is 2.28 bits per heavy atom. The lowest BCUT2D eigenvalue weighted by atomic mass is 9.77. The van der Waals surface area contributed by atoms with E-state index in [1.165, 1.54) is 30.8 Å². The molecule has 2 aromatic rings. The molecule has 0 bridgehead atoms. The summed E-state index contributed by atoms with van der Waals surface area (Å²) < 4.78 is 39.5. The number of nitro groups is 1. The number of benzene rings is 1. The number of nitrogens with two attached hydrogens (primary N) is 1. The molecule has 22 nitrogen and oxygen atoms in total. The minimum absolute atomic E-state index is 0.0713. The van der Waals surface area contributed by atoms with Crippen molar-refractivity contribution in [3.63, 3.8) is 0 Å². The largest absolute Gasteiger partial charge is 0.459 e. The molecule has 1 amide bonds. The van der Waals surface area contributed by atoms with E-state index in [1.54, 1.807) is 66.8 Å². The van der Waals surface area contributed by atoms with E-state index in [4.69, 9.17) is 34.2 Å². The van der Waals surface area contributed by atoms with Crippen LogP contribution in [0.25, 0.3) is 0 Å². The molecule has 0 saturated carbocycles. The first-order chi connectivity index (χ1) is 33.5. The number of primary amides is 1. The van der Waals surface area contributed by atoms with E-state index < -0.39 is 125 Å². The maximum absolute atomic E-state index is 14.5. The SMILES string of the molecule is CC[C@H]1OC(=O)[C@H](C)[C@@H](O[C@H]2C[C@@](C)(OC)[C@@H](O)[C@H](C)O2)[C@H](C)[C@@H](O[C@@H]2O[C@H](C)C[C@H](N(C)CCc3cn([C@@H](Cc4ccc([N+](=O)[O-])cc4)C(N)=O)nn3)[C@H]2O)[C@](C)(O)C[C@@H](C)CN(C)[C@H](C)[C@@H](O)[C@]1(C)O. The van der Waals surface area contributed by atoms with Gasteiger partial charge in [0.25, 0.3) is 5.69 Å². The number of aliphatic hydroxyl groups excluding tert-OH is 3. The molecule has 3 aliphatic heterocycles. The van der Waals surface area contributed by atoms with Gasteiger partial charge in [0.15, 0.2) is 12.6 Å². The minimum atomic E-state index is -1.86. The second-order valence-electron chi connectivity index (χ2n) is 21.7. The van der Waals surface area contributed by atoms with Gasteiger partial charge in [-0.2, -0.15) is 0 Å². The molecule has 72 heavy (non-hydrogen) atoms. The molecule has 3 saturated heterocycles. The third-order valence-corrected chi connectivity index (χ3v) is 15.6. The summed E-state index contributed by atoms with van der Waals surface area (Å²) in [5.41, 5.74) is 2.26. The highest BCUT2D eigenvalue weighted by Crippen LogP contribution is 2.40. The van der Waals surface area contributed by atoms with Crippen molar-refractivity contribution < 1.29 is 68.5 Å². The van der Waals surface area contributed by atoms with Crippen LogP contribution in [-0.2, 0) is 50.9 Å². The summed E-state index contributed by atoms with van der Waals surface area (Å²) in [6, 6.07) is 3.81. The summed E-state index contributed by atoms with van der Waals surface area (Å²) >= 11 is 0. The zero-order valence-corrected chi connectivity index (χ0v) is 44.4. The second kappa shape index (κ2) is 24.3. The average molecular weight is 1020 g/mol. The summed E-state index contributed by atoms with van der Waals surface area (Å²) in [6.07, 6.45) is -7.57. The van der Waals surface area contributed by atoms with Crippen LogP contribution in [0.4, 0.5) is 5.69 Å². The van der Waals surface area contributed by atoms with Crippen LogP contribution >= 0.6 is 0 Å². The van der Waals surface area contributed by atoms with Crippen molar-refractivity contribution in [3.8, 4) is 0 Å². The van der Waals surface area contributed by atoms with Crippen LogP contribution in [-0.4, -0.2) is 192 Å². The summed E-state index contributed by atoms with van der Waals surface area (Å²) in [4.78, 5) is 41.5. The second-order valence-corrected chi connectivity index (χ2v) is 21.7. The van der Waals surface area contributed by atoms with Gasteiger partial charge in [-0.3, -0.25) is 19.7 Å². The van der Waals surface area contributed by atoms with Gasteiger partial charge in [-0.1, -0.05) is 38.1 Å². The van der Waals surface area contributed by atoms with Gasteiger partial charge in [0.2, 0.25) is 5.91 Å². The Labute approximate surface area is 423 Å². The fourth-order valence-corrected chi connectivity index (χ4v) is 11.0. The first kappa shape index (κ1) is 59.1. The molecule has 19 atom stereocenters. The molecular formula is C50H83N7O15. The number of aromatic nitrogens is 3. The van der Waals surface area contributed by atoms with Crippen LogP contribution in [0.3, 0.4) is 0 Å². The number of hydrogen-bond donors (Lipinski definition) is 6. The molecule has 0 unspecified atom stereocenters. The number of nitro benzene ring substituents is 1. The monoisotopic (exact) mass is 1020 g/mol. The molecule has 1 aromatic carbocycles. The Morgan fingerprint density at radius 1 is 1.03 bits per heavy atom. The van der Waals surface area contributed by atoms with Gasteiger partial charge in [-0.05, 0) is 93.3 Å². The first-order valence-corrected chi connectivity index (χ1v) is 25.2. The van der Waals surface area contributed by atoms with E-state index in [-0.39, 0.29) is 37.3 Å². The number of nitrogens with zero attached hydrogens (tertiary/aromatic N) is 6. The highest BCUT2D eigenvalue weighted by Gasteiger charge is 2.53. The zero-order chi connectivity index (χ0) is 53.8. The summed E-state index contributed by atoms with van der Waals surface area (Å²) in [5.74, 6) is -3.59. The molecule has 1 aromatic heterocycles. The van der Waals surface area contributed by atoms with E-state index in [0.717, 1.165) is 0 Å². The van der Waals surface area contributed by atoms with E-state index in [1.807, 2.05) is 37.7 Å². The lowest BCUT2D eigenvalue weighted by molar-refractivity contribution is -0.384. The van der Waals surface area contributed by atoms with E-state index >= 15 is 0 Å². The highest BCUT2D eigenvalue weighted by molar-refractivity contribution is 5.78. The van der Waals surface area contributed by atoms with Crippen molar-refractivity contribution in [2.24, 2.45) is 23.5 Å². The molecule has 3 aliphatic rings. The molecule has 0 aliphatic carbocycles. The molecule has 22 heteroatoms. The molecular weight excluding hydrogens is 939 g/mol. The number of carbonyl (C=O) groups is 2. The number of amides is 1. The maximum Gasteiger partial charge on any atom is 0.311 e. The number of esters is 1. The van der Waals surface area contributed by atoms with Crippen LogP contribution in [0.1, 0.15) is 112 Å². The maximum atomic E-state index is 14.5. The number of aliphatic hydroxyl groups is 5. The van der Waals surface area contributed by atoms with E-state index in [9.17, 15) is 45.2 Å². The Kier molecular flexibility index (Phi) is 19.9. The Morgan fingerprint density at radius 2 is 1.68 bits per heavy atom. The van der Waals surface area contributed by atoms with Crippen molar-refractivity contribution >= 4 is 17.6 Å². The van der Waals surface area contributed by atoms with Crippen molar-refractivity contribution in [2.75, 3.05) is 34.3 Å². The first-order valence-electron chi connectivity index (χ1n) is 25.2. The van der Waals surface area contributed by atoms with E-state index in [0.29, 0.717) is 37.2 Å². The number of likely N-dealkylation sites (N-methyl/N-ethyl adjacent to an activating group) is 2. The molecule has 5 rings (SSSR count). The van der Waals surface area contributed by atoms with E-state index in [2.05, 4.69) is 10.3 Å². The summed E-state index contributed by atoms with van der Waals surface area (Å²) in [5, 5.41) is 79.3. The molecule has 0 radical (unpaired) electrons. The molecule has 0 spiro atoms. The number of carbonyl (C=O) groups excluding carboxylic acids is 2. The van der Waals surface area contributed by atoms with Gasteiger partial charge in [0.1, 0.15) is 36.1 Å². The minimum Gasteiger partial charge on any atom is -0.459 e. The Bertz CT molecular complexity index is 2100. The van der Waals surface area contributed by atoms with Crippen LogP contribution in [0.5, 0.6) is 0 Å². The van der Waals surface area contributed by atoms with Crippen molar-refractivity contribution in [2.45, 2.75) is 204 Å². The van der Waals surface area contributed by atoms with Crippen molar-refractivity contribution in [1.29, 1.82) is 0 Å². The lowest BCUT2D eigenvalue weighted by Crippen LogP contribution is -2.61. The van der Waals surface area contributed by atoms with Crippen molar-refractivity contribution in [1.82, 2.24) is 24.8 Å². The third-order valence-electron chi connectivity index (χ3n) is 15.6. The Hall–Kier alpha value is -3.78. The fourth-order valence-electron chi connectivity index (χ4n) is 11.0. The number of hydrogen-bond acceptors (Lipinski definition) is 19. The highest BCUT2D eigenvalue weighted by atomic mass is 16.7. The normalized spacial score (nSPS) is 39.4. The predicted molar refractivity (Wildman–Crippen MR) is 262 cm³/mol. The van der Waals surface area contributed by atoms with Gasteiger partial charge in [-0.25, -0.2) is 4.68 Å². The van der Waals surface area contributed by atoms with Gasteiger partial charge >= 0.3 is 5.97 Å². The number of ether oxygens (including phenoxy) is 6. The summed E-state index contributed by atoms with van der Waals surface area (Å²) in [6.45, 7) is 18.0. The molecule has 3 fully saturated rings. The van der Waals surface area contributed by atoms with Gasteiger partial charge in [0.05, 0.1) is 52.2 Å². The number of rotatable bonds is 15. The molecule has 4 heterocycles. The third kappa shape index (κ3) is 13.7. The quantitative estimate of drug-likeness (QED) is 0.0847. The van der Waals surface area contributed by atoms with Crippen molar-refractivity contribution in [3.05, 3.63) is 51.8 Å². The van der Waals surface area contributed by atoms with Crippen LogP contribution < -0.4 is 5.73 Å². The van der Waals surface area contributed by atoms with Gasteiger partial charge in [-0.15, -0.1) is 5.10 Å². The van der Waals surface area contributed by atoms with Gasteiger partial charge < -0.3 is 69.5 Å². The molecule has 408 valence electrons.